The quantitative estimate of drug-likeness (QED) is 0.785. The van der Waals surface area contributed by atoms with Gasteiger partial charge in [-0.2, -0.15) is 0 Å². The standard InChI is InChI=1S/C12H14BrClN2O/c13-9-4-5-11(15-8-9)12(17)16-6-2-1-3-10(16)7-14/h4-5,8,10H,1-3,6-7H2. The van der Waals surface area contributed by atoms with Crippen molar-refractivity contribution in [2.75, 3.05) is 12.4 Å². The van der Waals surface area contributed by atoms with Crippen LogP contribution in [0.1, 0.15) is 29.8 Å². The third-order valence-corrected chi connectivity index (χ3v) is 3.84. The second kappa shape index (κ2) is 5.83. The van der Waals surface area contributed by atoms with E-state index in [4.69, 9.17) is 11.6 Å². The van der Waals surface area contributed by atoms with Crippen molar-refractivity contribution >= 4 is 33.4 Å². The van der Waals surface area contributed by atoms with Gasteiger partial charge in [-0.25, -0.2) is 4.98 Å². The summed E-state index contributed by atoms with van der Waals surface area (Å²) in [6.07, 6.45) is 4.84. The summed E-state index contributed by atoms with van der Waals surface area (Å²) in [5.41, 5.74) is 0.491. The third-order valence-electron chi connectivity index (χ3n) is 3.01. The SMILES string of the molecule is O=C(c1ccc(Br)cn1)N1CCCCC1CCl. The molecule has 0 spiro atoms. The summed E-state index contributed by atoms with van der Waals surface area (Å²) in [7, 11) is 0. The molecule has 0 aliphatic carbocycles. The van der Waals surface area contributed by atoms with E-state index in [1.165, 1.54) is 0 Å². The van der Waals surface area contributed by atoms with Crippen LogP contribution in [0.4, 0.5) is 0 Å². The molecule has 5 heteroatoms. The predicted molar refractivity (Wildman–Crippen MR) is 71.3 cm³/mol. The number of hydrogen-bond donors (Lipinski definition) is 0. The van der Waals surface area contributed by atoms with Crippen molar-refractivity contribution in [3.63, 3.8) is 0 Å². The molecule has 2 heterocycles. The van der Waals surface area contributed by atoms with Gasteiger partial charge in [0.05, 0.1) is 0 Å². The number of rotatable bonds is 2. The average Bonchev–Trinajstić information content (AvgIpc) is 2.39. The highest BCUT2D eigenvalue weighted by molar-refractivity contribution is 9.10. The van der Waals surface area contributed by atoms with Crippen LogP contribution in [0.3, 0.4) is 0 Å². The first kappa shape index (κ1) is 12.8. The Morgan fingerprint density at radius 3 is 3.00 bits per heavy atom. The fourth-order valence-corrected chi connectivity index (χ4v) is 2.63. The average molecular weight is 318 g/mol. The molecule has 17 heavy (non-hydrogen) atoms. The van der Waals surface area contributed by atoms with Crippen LogP contribution in [0, 0.1) is 0 Å². The molecule has 2 rings (SSSR count). The van der Waals surface area contributed by atoms with E-state index in [9.17, 15) is 4.79 Å². The number of alkyl halides is 1. The molecular weight excluding hydrogens is 304 g/mol. The first-order valence-corrected chi connectivity index (χ1v) is 7.03. The minimum absolute atomic E-state index is 0.0112. The zero-order valence-electron chi connectivity index (χ0n) is 9.40. The second-order valence-electron chi connectivity index (χ2n) is 4.16. The van der Waals surface area contributed by atoms with Gasteiger partial charge in [-0.1, -0.05) is 0 Å². The first-order chi connectivity index (χ1) is 8.22. The van der Waals surface area contributed by atoms with E-state index in [0.29, 0.717) is 11.6 Å². The maximum absolute atomic E-state index is 12.3. The molecule has 1 atom stereocenters. The Bertz CT molecular complexity index is 396. The van der Waals surface area contributed by atoms with Crippen molar-refractivity contribution in [3.05, 3.63) is 28.5 Å². The maximum Gasteiger partial charge on any atom is 0.272 e. The number of amides is 1. The van der Waals surface area contributed by atoms with Gasteiger partial charge in [-0.05, 0) is 47.3 Å². The molecule has 0 aromatic carbocycles. The number of nitrogens with zero attached hydrogens (tertiary/aromatic N) is 2. The number of likely N-dealkylation sites (tertiary alicyclic amines) is 1. The molecular formula is C12H14BrClN2O. The lowest BCUT2D eigenvalue weighted by Gasteiger charge is -2.34. The zero-order chi connectivity index (χ0) is 12.3. The molecule has 3 nitrogen and oxygen atoms in total. The van der Waals surface area contributed by atoms with E-state index in [0.717, 1.165) is 30.3 Å². The number of pyridine rings is 1. The van der Waals surface area contributed by atoms with Crippen LogP contribution in [-0.4, -0.2) is 34.3 Å². The Kier molecular flexibility index (Phi) is 4.40. The fourth-order valence-electron chi connectivity index (χ4n) is 2.08. The number of aromatic nitrogens is 1. The fraction of sp³-hybridized carbons (Fsp3) is 0.500. The molecule has 1 fully saturated rings. The Labute approximate surface area is 114 Å². The van der Waals surface area contributed by atoms with Gasteiger partial charge in [0.2, 0.25) is 0 Å². The molecule has 1 aliphatic heterocycles. The lowest BCUT2D eigenvalue weighted by molar-refractivity contribution is 0.0633. The summed E-state index contributed by atoms with van der Waals surface area (Å²) < 4.78 is 0.876. The number of hydrogen-bond acceptors (Lipinski definition) is 2. The largest absolute Gasteiger partial charge is 0.333 e. The highest BCUT2D eigenvalue weighted by Crippen LogP contribution is 2.20. The molecule has 1 aromatic heterocycles. The van der Waals surface area contributed by atoms with Crippen molar-refractivity contribution < 1.29 is 4.79 Å². The Hall–Kier alpha value is -0.610. The van der Waals surface area contributed by atoms with Crippen LogP contribution >= 0.6 is 27.5 Å². The van der Waals surface area contributed by atoms with E-state index in [2.05, 4.69) is 20.9 Å². The number of halogens is 2. The number of carbonyl (C=O) groups is 1. The first-order valence-electron chi connectivity index (χ1n) is 5.71. The highest BCUT2D eigenvalue weighted by atomic mass is 79.9. The van der Waals surface area contributed by atoms with Crippen LogP contribution in [-0.2, 0) is 0 Å². The normalized spacial score (nSPS) is 20.4. The number of piperidine rings is 1. The van der Waals surface area contributed by atoms with Crippen molar-refractivity contribution in [1.82, 2.24) is 9.88 Å². The van der Waals surface area contributed by atoms with Gasteiger partial charge in [0.25, 0.3) is 5.91 Å². The molecule has 0 saturated carbocycles. The molecule has 0 N–H and O–H groups in total. The monoisotopic (exact) mass is 316 g/mol. The highest BCUT2D eigenvalue weighted by Gasteiger charge is 2.27. The van der Waals surface area contributed by atoms with Crippen molar-refractivity contribution in [2.24, 2.45) is 0 Å². The van der Waals surface area contributed by atoms with Gasteiger partial charge in [-0.3, -0.25) is 4.79 Å². The summed E-state index contributed by atoms with van der Waals surface area (Å²) in [6.45, 7) is 0.786. The summed E-state index contributed by atoms with van der Waals surface area (Å²) in [5, 5.41) is 0. The molecule has 92 valence electrons. The Morgan fingerprint density at radius 2 is 2.35 bits per heavy atom. The summed E-state index contributed by atoms with van der Waals surface area (Å²) in [4.78, 5) is 18.3. The molecule has 1 aromatic rings. The molecule has 0 radical (unpaired) electrons. The minimum atomic E-state index is -0.0112. The van der Waals surface area contributed by atoms with Gasteiger partial charge < -0.3 is 4.90 Å². The smallest absolute Gasteiger partial charge is 0.272 e. The van der Waals surface area contributed by atoms with Crippen LogP contribution in [0.5, 0.6) is 0 Å². The van der Waals surface area contributed by atoms with Crippen LogP contribution in [0.15, 0.2) is 22.8 Å². The predicted octanol–water partition coefficient (Wildman–Crippen LogP) is 3.08. The van der Waals surface area contributed by atoms with Gasteiger partial charge >= 0.3 is 0 Å². The van der Waals surface area contributed by atoms with Gasteiger partial charge in [0.1, 0.15) is 5.69 Å². The van der Waals surface area contributed by atoms with Crippen LogP contribution < -0.4 is 0 Å². The zero-order valence-corrected chi connectivity index (χ0v) is 11.7. The van der Waals surface area contributed by atoms with E-state index < -0.39 is 0 Å². The Morgan fingerprint density at radius 1 is 1.53 bits per heavy atom. The van der Waals surface area contributed by atoms with Crippen molar-refractivity contribution in [2.45, 2.75) is 25.3 Å². The molecule has 1 amide bonds. The van der Waals surface area contributed by atoms with Crippen molar-refractivity contribution in [1.29, 1.82) is 0 Å². The molecule has 1 saturated heterocycles. The lowest BCUT2D eigenvalue weighted by atomic mass is 10.0. The summed E-state index contributed by atoms with van der Waals surface area (Å²) in [5.74, 6) is 0.491. The minimum Gasteiger partial charge on any atom is -0.333 e. The molecule has 1 aliphatic rings. The maximum atomic E-state index is 12.3. The van der Waals surface area contributed by atoms with E-state index >= 15 is 0 Å². The van der Waals surface area contributed by atoms with Gasteiger partial charge in [0.15, 0.2) is 0 Å². The van der Waals surface area contributed by atoms with E-state index in [-0.39, 0.29) is 11.9 Å². The summed E-state index contributed by atoms with van der Waals surface area (Å²) in [6, 6.07) is 3.73. The van der Waals surface area contributed by atoms with E-state index in [1.54, 1.807) is 12.3 Å². The second-order valence-corrected chi connectivity index (χ2v) is 5.39. The summed E-state index contributed by atoms with van der Waals surface area (Å²) >= 11 is 9.22. The topological polar surface area (TPSA) is 33.2 Å². The van der Waals surface area contributed by atoms with Crippen LogP contribution in [0.2, 0.25) is 0 Å². The lowest BCUT2D eigenvalue weighted by Crippen LogP contribution is -2.45. The Balaban J connectivity index is 2.15. The van der Waals surface area contributed by atoms with E-state index in [1.807, 2.05) is 11.0 Å². The van der Waals surface area contributed by atoms with Crippen LogP contribution in [0.25, 0.3) is 0 Å². The number of carbonyl (C=O) groups excluding carboxylic acids is 1. The van der Waals surface area contributed by atoms with Gasteiger partial charge in [-0.15, -0.1) is 11.6 Å². The van der Waals surface area contributed by atoms with Gasteiger partial charge in [0, 0.05) is 29.1 Å². The molecule has 1 unspecified atom stereocenters. The molecule has 0 bridgehead atoms. The van der Waals surface area contributed by atoms with Crippen molar-refractivity contribution in [3.8, 4) is 0 Å². The third kappa shape index (κ3) is 2.99.